The molecule has 1 heterocycles. The summed E-state index contributed by atoms with van der Waals surface area (Å²) in [6.45, 7) is 0.995. The molecule has 62 valence electrons. The van der Waals surface area contributed by atoms with E-state index in [9.17, 15) is 0 Å². The summed E-state index contributed by atoms with van der Waals surface area (Å²) in [7, 11) is 0. The Hall–Kier alpha value is -0.300. The highest BCUT2D eigenvalue weighted by Crippen LogP contribution is 2.28. The molecule has 1 nitrogen and oxygen atoms in total. The quantitative estimate of drug-likeness (QED) is 0.525. The second-order valence-electron chi connectivity index (χ2n) is 3.57. The van der Waals surface area contributed by atoms with Gasteiger partial charge in [0.25, 0.3) is 0 Å². The topological polar surface area (TPSA) is 9.23 Å². The molecule has 0 aromatic heterocycles. The van der Waals surface area contributed by atoms with Crippen LogP contribution in [0.25, 0.3) is 0 Å². The summed E-state index contributed by atoms with van der Waals surface area (Å²) in [5, 5.41) is 0. The summed E-state index contributed by atoms with van der Waals surface area (Å²) in [6.07, 6.45) is 11.7. The van der Waals surface area contributed by atoms with Crippen LogP contribution in [0.5, 0.6) is 0 Å². The van der Waals surface area contributed by atoms with E-state index in [-0.39, 0.29) is 0 Å². The summed E-state index contributed by atoms with van der Waals surface area (Å²) in [6, 6.07) is 0. The molecule has 2 rings (SSSR count). The predicted molar refractivity (Wildman–Crippen MR) is 45.5 cm³/mol. The van der Waals surface area contributed by atoms with Gasteiger partial charge < -0.3 is 4.74 Å². The van der Waals surface area contributed by atoms with Gasteiger partial charge in [0.1, 0.15) is 0 Å². The predicted octanol–water partition coefficient (Wildman–Crippen LogP) is 2.52. The molecule has 0 amide bonds. The van der Waals surface area contributed by atoms with Crippen molar-refractivity contribution >= 4 is 0 Å². The van der Waals surface area contributed by atoms with E-state index >= 15 is 0 Å². The molecule has 0 aromatic rings. The monoisotopic (exact) mass is 152 g/mol. The summed E-state index contributed by atoms with van der Waals surface area (Å²) >= 11 is 0. The normalized spacial score (nSPS) is 37.8. The minimum atomic E-state index is 0.558. The van der Waals surface area contributed by atoms with Crippen molar-refractivity contribution in [3.63, 3.8) is 0 Å². The minimum Gasteiger partial charge on any atom is -0.378 e. The van der Waals surface area contributed by atoms with Crippen molar-refractivity contribution in [3.05, 3.63) is 12.2 Å². The van der Waals surface area contributed by atoms with Crippen molar-refractivity contribution in [1.29, 1.82) is 0 Å². The first kappa shape index (κ1) is 7.35. The van der Waals surface area contributed by atoms with Crippen molar-refractivity contribution in [3.8, 4) is 0 Å². The van der Waals surface area contributed by atoms with Crippen molar-refractivity contribution in [1.82, 2.24) is 0 Å². The van der Waals surface area contributed by atoms with E-state index in [0.29, 0.717) is 6.10 Å². The molecule has 1 fully saturated rings. The van der Waals surface area contributed by atoms with Gasteiger partial charge in [0.15, 0.2) is 0 Å². The molecule has 1 saturated heterocycles. The third-order valence-corrected chi connectivity index (χ3v) is 2.74. The first-order valence-electron chi connectivity index (χ1n) is 4.75. The zero-order valence-electron chi connectivity index (χ0n) is 6.96. The fourth-order valence-electron chi connectivity index (χ4n) is 2.07. The second-order valence-corrected chi connectivity index (χ2v) is 3.57. The van der Waals surface area contributed by atoms with Crippen molar-refractivity contribution in [2.45, 2.75) is 38.2 Å². The van der Waals surface area contributed by atoms with Gasteiger partial charge in [-0.15, -0.1) is 0 Å². The van der Waals surface area contributed by atoms with E-state index in [1.165, 1.54) is 32.1 Å². The van der Waals surface area contributed by atoms with Crippen LogP contribution in [0, 0.1) is 5.92 Å². The van der Waals surface area contributed by atoms with Gasteiger partial charge in [0.2, 0.25) is 0 Å². The smallest absolute Gasteiger partial charge is 0.0637 e. The SMILES string of the molecule is C1=CC(C2CCCCO2)CC1. The van der Waals surface area contributed by atoms with E-state index in [2.05, 4.69) is 12.2 Å². The zero-order valence-corrected chi connectivity index (χ0v) is 6.96. The van der Waals surface area contributed by atoms with Gasteiger partial charge in [-0.05, 0) is 32.1 Å². The van der Waals surface area contributed by atoms with Crippen LogP contribution < -0.4 is 0 Å². The summed E-state index contributed by atoms with van der Waals surface area (Å²) in [5.74, 6) is 0.746. The molecule has 0 N–H and O–H groups in total. The van der Waals surface area contributed by atoms with Crippen molar-refractivity contribution in [2.24, 2.45) is 5.92 Å². The molecule has 0 saturated carbocycles. The Labute approximate surface area is 68.4 Å². The van der Waals surface area contributed by atoms with Crippen LogP contribution in [-0.2, 0) is 4.74 Å². The third-order valence-electron chi connectivity index (χ3n) is 2.74. The summed E-state index contributed by atoms with van der Waals surface area (Å²) in [4.78, 5) is 0. The van der Waals surface area contributed by atoms with Gasteiger partial charge in [0.05, 0.1) is 6.10 Å². The lowest BCUT2D eigenvalue weighted by Gasteiger charge is -2.26. The average molecular weight is 152 g/mol. The molecular formula is C10H16O. The lowest BCUT2D eigenvalue weighted by atomic mass is 9.95. The molecular weight excluding hydrogens is 136 g/mol. The highest BCUT2D eigenvalue weighted by Gasteiger charge is 2.23. The number of allylic oxidation sites excluding steroid dienone is 1. The van der Waals surface area contributed by atoms with Crippen LogP contribution in [0.1, 0.15) is 32.1 Å². The Kier molecular flexibility index (Phi) is 2.27. The van der Waals surface area contributed by atoms with Crippen LogP contribution in [-0.4, -0.2) is 12.7 Å². The fourth-order valence-corrected chi connectivity index (χ4v) is 2.07. The van der Waals surface area contributed by atoms with Gasteiger partial charge in [-0.25, -0.2) is 0 Å². The Morgan fingerprint density at radius 1 is 1.18 bits per heavy atom. The number of hydrogen-bond donors (Lipinski definition) is 0. The van der Waals surface area contributed by atoms with Crippen molar-refractivity contribution < 1.29 is 4.74 Å². The summed E-state index contributed by atoms with van der Waals surface area (Å²) in [5.41, 5.74) is 0. The molecule has 1 aliphatic heterocycles. The molecule has 1 aliphatic carbocycles. The van der Waals surface area contributed by atoms with Crippen LogP contribution in [0.3, 0.4) is 0 Å². The molecule has 0 radical (unpaired) electrons. The van der Waals surface area contributed by atoms with Gasteiger partial charge in [-0.3, -0.25) is 0 Å². The van der Waals surface area contributed by atoms with E-state index in [1.807, 2.05) is 0 Å². The average Bonchev–Trinajstić information content (AvgIpc) is 2.58. The summed E-state index contributed by atoms with van der Waals surface area (Å²) < 4.78 is 5.71. The third kappa shape index (κ3) is 1.64. The molecule has 11 heavy (non-hydrogen) atoms. The standard InChI is InChI=1S/C10H16O/c1-2-6-9(5-1)10-7-3-4-8-11-10/h1,5,9-10H,2-4,6-8H2. The van der Waals surface area contributed by atoms with Gasteiger partial charge in [0, 0.05) is 12.5 Å². The minimum absolute atomic E-state index is 0.558. The second kappa shape index (κ2) is 3.40. The number of hydrogen-bond acceptors (Lipinski definition) is 1. The molecule has 0 aromatic carbocycles. The number of ether oxygens (including phenoxy) is 1. The Balaban J connectivity index is 1.87. The maximum absolute atomic E-state index is 5.71. The zero-order chi connectivity index (χ0) is 7.52. The molecule has 0 spiro atoms. The van der Waals surface area contributed by atoms with E-state index in [1.54, 1.807) is 0 Å². The molecule has 2 unspecified atom stereocenters. The Morgan fingerprint density at radius 2 is 2.18 bits per heavy atom. The highest BCUT2D eigenvalue weighted by molar-refractivity contribution is 4.99. The lowest BCUT2D eigenvalue weighted by Crippen LogP contribution is -2.25. The first-order chi connectivity index (χ1) is 5.47. The Bertz CT molecular complexity index is 145. The number of rotatable bonds is 1. The molecule has 1 heteroatoms. The maximum Gasteiger partial charge on any atom is 0.0637 e. The molecule has 2 aliphatic rings. The van der Waals surface area contributed by atoms with Gasteiger partial charge in [-0.2, -0.15) is 0 Å². The fraction of sp³-hybridized carbons (Fsp3) is 0.800. The van der Waals surface area contributed by atoms with Crippen LogP contribution >= 0.6 is 0 Å². The van der Waals surface area contributed by atoms with Crippen LogP contribution in [0.2, 0.25) is 0 Å². The van der Waals surface area contributed by atoms with Crippen LogP contribution in [0.15, 0.2) is 12.2 Å². The molecule has 0 bridgehead atoms. The van der Waals surface area contributed by atoms with Gasteiger partial charge >= 0.3 is 0 Å². The van der Waals surface area contributed by atoms with Crippen molar-refractivity contribution in [2.75, 3.05) is 6.61 Å². The van der Waals surface area contributed by atoms with E-state index in [0.717, 1.165) is 12.5 Å². The van der Waals surface area contributed by atoms with Crippen LogP contribution in [0.4, 0.5) is 0 Å². The molecule has 2 atom stereocenters. The van der Waals surface area contributed by atoms with E-state index < -0.39 is 0 Å². The largest absolute Gasteiger partial charge is 0.378 e. The highest BCUT2D eigenvalue weighted by atomic mass is 16.5. The Morgan fingerprint density at radius 3 is 2.82 bits per heavy atom. The van der Waals surface area contributed by atoms with E-state index in [4.69, 9.17) is 4.74 Å². The maximum atomic E-state index is 5.71. The van der Waals surface area contributed by atoms with Gasteiger partial charge in [-0.1, -0.05) is 12.2 Å². The lowest BCUT2D eigenvalue weighted by molar-refractivity contribution is -0.00881. The first-order valence-corrected chi connectivity index (χ1v) is 4.75.